The molecule has 0 bridgehead atoms. The smallest absolute Gasteiger partial charge is 0.312 e. The van der Waals surface area contributed by atoms with Crippen molar-refractivity contribution in [3.63, 3.8) is 0 Å². The quantitative estimate of drug-likeness (QED) is 0.248. The lowest BCUT2D eigenvalue weighted by Gasteiger charge is -2.17. The Hall–Kier alpha value is -4.25. The van der Waals surface area contributed by atoms with Crippen molar-refractivity contribution in [2.24, 2.45) is 0 Å². The second kappa shape index (κ2) is 8.86. The molecule has 0 radical (unpaired) electrons. The summed E-state index contributed by atoms with van der Waals surface area (Å²) in [6, 6.07) is 30.7. The van der Waals surface area contributed by atoms with Crippen LogP contribution in [0.4, 0.5) is 0 Å². The van der Waals surface area contributed by atoms with E-state index in [2.05, 4.69) is 9.97 Å². The van der Waals surface area contributed by atoms with Gasteiger partial charge in [-0.3, -0.25) is 9.78 Å². The third-order valence-corrected chi connectivity index (χ3v) is 5.25. The van der Waals surface area contributed by atoms with Crippen LogP contribution in [-0.4, -0.2) is 15.9 Å². The molecule has 0 N–H and O–H groups in total. The number of hydrogen-bond donors (Lipinski definition) is 0. The third-order valence-electron chi connectivity index (χ3n) is 5.25. The number of fused-ring (bicyclic) bond motifs is 1. The van der Waals surface area contributed by atoms with Crippen LogP contribution >= 0.6 is 0 Å². The predicted molar refractivity (Wildman–Crippen MR) is 122 cm³/mol. The molecule has 0 unspecified atom stereocenters. The van der Waals surface area contributed by atoms with Gasteiger partial charge in [-0.1, -0.05) is 66.7 Å². The van der Waals surface area contributed by atoms with Crippen LogP contribution in [0.5, 0.6) is 5.75 Å². The van der Waals surface area contributed by atoms with Gasteiger partial charge < -0.3 is 9.15 Å². The first kappa shape index (κ1) is 19.7. The van der Waals surface area contributed by atoms with Crippen molar-refractivity contribution in [1.29, 1.82) is 0 Å². The molecular formula is C27H20N2O3. The summed E-state index contributed by atoms with van der Waals surface area (Å²) < 4.78 is 11.5. The SMILES string of the molecule is O=C(CC(c1ccccc1)c1ccccc1)Oc1ccc2nc(-c3ccccn3)oc2c1. The van der Waals surface area contributed by atoms with E-state index in [0.717, 1.165) is 11.1 Å². The molecule has 0 atom stereocenters. The van der Waals surface area contributed by atoms with E-state index >= 15 is 0 Å². The van der Waals surface area contributed by atoms with Gasteiger partial charge in [0, 0.05) is 18.2 Å². The van der Waals surface area contributed by atoms with Crippen LogP contribution in [0.15, 0.2) is 108 Å². The molecule has 0 aliphatic heterocycles. The average molecular weight is 420 g/mol. The summed E-state index contributed by atoms with van der Waals surface area (Å²) >= 11 is 0. The Bertz CT molecular complexity index is 1290. The van der Waals surface area contributed by atoms with E-state index in [1.54, 1.807) is 24.4 Å². The fourth-order valence-corrected chi connectivity index (χ4v) is 3.71. The Labute approximate surface area is 185 Å². The second-order valence-electron chi connectivity index (χ2n) is 7.42. The molecule has 0 spiro atoms. The van der Waals surface area contributed by atoms with Gasteiger partial charge in [-0.05, 0) is 35.4 Å². The maximum absolute atomic E-state index is 12.9. The first-order valence-corrected chi connectivity index (χ1v) is 10.4. The number of nitrogens with zero attached hydrogens (tertiary/aromatic N) is 2. The van der Waals surface area contributed by atoms with E-state index in [1.165, 1.54) is 0 Å². The summed E-state index contributed by atoms with van der Waals surface area (Å²) in [5, 5.41) is 0. The van der Waals surface area contributed by atoms with Crippen molar-refractivity contribution < 1.29 is 13.9 Å². The van der Waals surface area contributed by atoms with Crippen LogP contribution in [-0.2, 0) is 4.79 Å². The van der Waals surface area contributed by atoms with Crippen LogP contribution in [0.3, 0.4) is 0 Å². The third kappa shape index (κ3) is 4.27. The number of hydrogen-bond acceptors (Lipinski definition) is 5. The van der Waals surface area contributed by atoms with E-state index in [1.807, 2.05) is 78.9 Å². The van der Waals surface area contributed by atoms with Crippen LogP contribution in [0.2, 0.25) is 0 Å². The van der Waals surface area contributed by atoms with Crippen molar-refractivity contribution in [3.8, 4) is 17.3 Å². The van der Waals surface area contributed by atoms with E-state index in [0.29, 0.717) is 28.4 Å². The Morgan fingerprint density at radius 1 is 0.844 bits per heavy atom. The number of rotatable bonds is 6. The van der Waals surface area contributed by atoms with Crippen LogP contribution in [0, 0.1) is 0 Å². The molecule has 0 amide bonds. The number of aromatic nitrogens is 2. The summed E-state index contributed by atoms with van der Waals surface area (Å²) in [6.07, 6.45) is 1.91. The van der Waals surface area contributed by atoms with Crippen molar-refractivity contribution in [3.05, 3.63) is 114 Å². The Morgan fingerprint density at radius 2 is 1.53 bits per heavy atom. The van der Waals surface area contributed by atoms with Gasteiger partial charge in [0.15, 0.2) is 5.58 Å². The molecule has 0 aliphatic rings. The van der Waals surface area contributed by atoms with Gasteiger partial charge in [0.25, 0.3) is 0 Å². The highest BCUT2D eigenvalue weighted by Gasteiger charge is 2.20. The summed E-state index contributed by atoms with van der Waals surface area (Å²) in [7, 11) is 0. The molecular weight excluding hydrogens is 400 g/mol. The minimum Gasteiger partial charge on any atom is -0.435 e. The fraction of sp³-hybridized carbons (Fsp3) is 0.0741. The molecule has 0 saturated heterocycles. The molecule has 0 fully saturated rings. The van der Waals surface area contributed by atoms with Crippen molar-refractivity contribution in [1.82, 2.24) is 9.97 Å². The molecule has 0 aliphatic carbocycles. The molecule has 5 rings (SSSR count). The number of pyridine rings is 1. The maximum Gasteiger partial charge on any atom is 0.312 e. The topological polar surface area (TPSA) is 65.2 Å². The van der Waals surface area contributed by atoms with Crippen LogP contribution < -0.4 is 4.74 Å². The van der Waals surface area contributed by atoms with Gasteiger partial charge in [0.05, 0.1) is 6.42 Å². The molecule has 3 aromatic carbocycles. The fourth-order valence-electron chi connectivity index (χ4n) is 3.71. The largest absolute Gasteiger partial charge is 0.435 e. The molecule has 5 heteroatoms. The van der Waals surface area contributed by atoms with Gasteiger partial charge in [-0.2, -0.15) is 0 Å². The van der Waals surface area contributed by atoms with Gasteiger partial charge in [0.2, 0.25) is 5.89 Å². The lowest BCUT2D eigenvalue weighted by atomic mass is 9.89. The van der Waals surface area contributed by atoms with Crippen LogP contribution in [0.25, 0.3) is 22.7 Å². The maximum atomic E-state index is 12.9. The van der Waals surface area contributed by atoms with Gasteiger partial charge >= 0.3 is 5.97 Å². The van der Waals surface area contributed by atoms with Gasteiger partial charge in [-0.25, -0.2) is 4.98 Å². The second-order valence-corrected chi connectivity index (χ2v) is 7.42. The molecule has 32 heavy (non-hydrogen) atoms. The molecule has 156 valence electrons. The van der Waals surface area contributed by atoms with Gasteiger partial charge in [0.1, 0.15) is 17.0 Å². The molecule has 2 heterocycles. The highest BCUT2D eigenvalue weighted by Crippen LogP contribution is 2.30. The first-order valence-electron chi connectivity index (χ1n) is 10.4. The molecule has 5 nitrogen and oxygen atoms in total. The summed E-state index contributed by atoms with van der Waals surface area (Å²) in [4.78, 5) is 21.6. The van der Waals surface area contributed by atoms with E-state index < -0.39 is 0 Å². The number of oxazole rings is 1. The van der Waals surface area contributed by atoms with E-state index in [4.69, 9.17) is 9.15 Å². The number of carbonyl (C=O) groups is 1. The van der Waals surface area contributed by atoms with E-state index in [9.17, 15) is 4.79 Å². The van der Waals surface area contributed by atoms with Crippen LogP contribution in [0.1, 0.15) is 23.5 Å². The number of benzene rings is 3. The number of carbonyl (C=O) groups excluding carboxylic acids is 1. The van der Waals surface area contributed by atoms with Crippen molar-refractivity contribution in [2.45, 2.75) is 12.3 Å². The summed E-state index contributed by atoms with van der Waals surface area (Å²) in [5.41, 5.74) is 4.01. The zero-order valence-corrected chi connectivity index (χ0v) is 17.2. The van der Waals surface area contributed by atoms with Crippen molar-refractivity contribution >= 4 is 17.1 Å². The monoisotopic (exact) mass is 420 g/mol. The highest BCUT2D eigenvalue weighted by atomic mass is 16.5. The number of esters is 1. The first-order chi connectivity index (χ1) is 15.8. The average Bonchev–Trinajstić information content (AvgIpc) is 3.28. The zero-order valence-electron chi connectivity index (χ0n) is 17.2. The molecule has 5 aromatic rings. The van der Waals surface area contributed by atoms with Gasteiger partial charge in [-0.15, -0.1) is 0 Å². The summed E-state index contributed by atoms with van der Waals surface area (Å²) in [6.45, 7) is 0. The number of ether oxygens (including phenoxy) is 1. The Balaban J connectivity index is 1.36. The normalized spacial score (nSPS) is 11.0. The minimum absolute atomic E-state index is 0.0883. The Morgan fingerprint density at radius 3 is 2.19 bits per heavy atom. The highest BCUT2D eigenvalue weighted by molar-refractivity contribution is 5.79. The lowest BCUT2D eigenvalue weighted by molar-refractivity contribution is -0.134. The predicted octanol–water partition coefficient (Wildman–Crippen LogP) is 6.02. The zero-order chi connectivity index (χ0) is 21.8. The standard InChI is InChI=1S/C27H20N2O3/c30-26(18-22(19-9-3-1-4-10-19)20-11-5-2-6-12-20)31-21-14-15-23-25(17-21)32-27(29-23)24-13-7-8-16-28-24/h1-17,22H,18H2. The molecule has 0 saturated carbocycles. The summed E-state index contributed by atoms with van der Waals surface area (Å²) in [5.74, 6) is 0.449. The van der Waals surface area contributed by atoms with Crippen molar-refractivity contribution in [2.75, 3.05) is 0 Å². The van der Waals surface area contributed by atoms with E-state index in [-0.39, 0.29) is 18.3 Å². The molecule has 2 aromatic heterocycles. The minimum atomic E-state index is -0.313. The lowest BCUT2D eigenvalue weighted by Crippen LogP contribution is -2.14. The Kier molecular flexibility index (Phi) is 5.45.